The Hall–Kier alpha value is -3.02. The molecule has 1 unspecified atom stereocenters. The van der Waals surface area contributed by atoms with Gasteiger partial charge in [0.25, 0.3) is 5.91 Å². The van der Waals surface area contributed by atoms with Crippen LogP contribution in [-0.2, 0) is 16.0 Å². The van der Waals surface area contributed by atoms with E-state index in [0.717, 1.165) is 40.8 Å². The highest BCUT2D eigenvalue weighted by Crippen LogP contribution is 2.36. The van der Waals surface area contributed by atoms with Gasteiger partial charge in [-0.2, -0.15) is 0 Å². The number of fused-ring (bicyclic) bond motifs is 1. The molecule has 0 radical (unpaired) electrons. The van der Waals surface area contributed by atoms with Gasteiger partial charge in [0, 0.05) is 38.4 Å². The van der Waals surface area contributed by atoms with Gasteiger partial charge in [-0.3, -0.25) is 9.59 Å². The summed E-state index contributed by atoms with van der Waals surface area (Å²) >= 11 is 0. The molecular formula is C25H33N3O3. The van der Waals surface area contributed by atoms with E-state index in [1.807, 2.05) is 58.8 Å². The van der Waals surface area contributed by atoms with Gasteiger partial charge in [0.05, 0.1) is 0 Å². The number of aromatic hydroxyl groups is 1. The molecule has 6 nitrogen and oxygen atoms in total. The zero-order chi connectivity index (χ0) is 22.9. The molecular weight excluding hydrogens is 390 g/mol. The van der Waals surface area contributed by atoms with Crippen LogP contribution in [0.5, 0.6) is 5.75 Å². The highest BCUT2D eigenvalue weighted by Gasteiger charge is 2.36. The van der Waals surface area contributed by atoms with E-state index in [9.17, 15) is 14.7 Å². The van der Waals surface area contributed by atoms with Crippen molar-refractivity contribution in [1.82, 2.24) is 4.90 Å². The number of rotatable bonds is 5. The first-order valence-corrected chi connectivity index (χ1v) is 10.9. The lowest BCUT2D eigenvalue weighted by molar-refractivity contribution is -0.139. The van der Waals surface area contributed by atoms with Crippen LogP contribution in [0.1, 0.15) is 53.6 Å². The zero-order valence-corrected chi connectivity index (χ0v) is 19.4. The monoisotopic (exact) mass is 423 g/mol. The molecule has 2 aromatic rings. The molecule has 1 atom stereocenters. The Balaban J connectivity index is 2.05. The van der Waals surface area contributed by atoms with E-state index >= 15 is 0 Å². The van der Waals surface area contributed by atoms with Crippen molar-refractivity contribution < 1.29 is 14.7 Å². The molecule has 31 heavy (non-hydrogen) atoms. The van der Waals surface area contributed by atoms with Crippen LogP contribution in [0.2, 0.25) is 0 Å². The molecule has 0 fully saturated rings. The Kier molecular flexibility index (Phi) is 6.58. The summed E-state index contributed by atoms with van der Waals surface area (Å²) < 4.78 is 0. The van der Waals surface area contributed by atoms with E-state index in [0.29, 0.717) is 24.2 Å². The van der Waals surface area contributed by atoms with E-state index in [2.05, 4.69) is 11.4 Å². The fourth-order valence-electron chi connectivity index (χ4n) is 4.19. The second-order valence-electron chi connectivity index (χ2n) is 8.60. The van der Waals surface area contributed by atoms with Crippen LogP contribution in [0.25, 0.3) is 0 Å². The third-order valence-corrected chi connectivity index (χ3v) is 6.22. The summed E-state index contributed by atoms with van der Waals surface area (Å²) in [5, 5.41) is 13.3. The number of nitrogens with zero attached hydrogens (tertiary/aromatic N) is 2. The van der Waals surface area contributed by atoms with Gasteiger partial charge < -0.3 is 20.2 Å². The van der Waals surface area contributed by atoms with Crippen LogP contribution in [0, 0.1) is 20.8 Å². The predicted octanol–water partition coefficient (Wildman–Crippen LogP) is 4.25. The van der Waals surface area contributed by atoms with E-state index in [4.69, 9.17) is 0 Å². The number of carbonyl (C=O) groups is 2. The van der Waals surface area contributed by atoms with Gasteiger partial charge in [-0.25, -0.2) is 0 Å². The molecule has 2 aromatic carbocycles. The minimum atomic E-state index is -0.684. The Labute approximate surface area is 184 Å². The van der Waals surface area contributed by atoms with Crippen molar-refractivity contribution in [3.63, 3.8) is 0 Å². The lowest BCUT2D eigenvalue weighted by Gasteiger charge is -2.37. The van der Waals surface area contributed by atoms with Crippen LogP contribution >= 0.6 is 0 Å². The largest absolute Gasteiger partial charge is 0.507 e. The van der Waals surface area contributed by atoms with Crippen molar-refractivity contribution in [1.29, 1.82) is 0 Å². The van der Waals surface area contributed by atoms with Gasteiger partial charge in [-0.15, -0.1) is 0 Å². The summed E-state index contributed by atoms with van der Waals surface area (Å²) in [4.78, 5) is 30.2. The minimum Gasteiger partial charge on any atom is -0.507 e. The van der Waals surface area contributed by atoms with Crippen molar-refractivity contribution in [2.24, 2.45) is 0 Å². The summed E-state index contributed by atoms with van der Waals surface area (Å²) in [5.74, 6) is 0.0149. The summed E-state index contributed by atoms with van der Waals surface area (Å²) in [7, 11) is 3.93. The molecule has 6 heteroatoms. The number of amides is 2. The topological polar surface area (TPSA) is 72.9 Å². The third-order valence-electron chi connectivity index (χ3n) is 6.22. The van der Waals surface area contributed by atoms with E-state index < -0.39 is 6.04 Å². The maximum absolute atomic E-state index is 13.6. The molecule has 0 aliphatic carbocycles. The Morgan fingerprint density at radius 3 is 2.52 bits per heavy atom. The van der Waals surface area contributed by atoms with Gasteiger partial charge in [-0.1, -0.05) is 13.0 Å². The SMILES string of the molecule is CCCC(=O)N1CCc2ccc(N(C)C)cc2C1C(=O)Nc1cc(C)c(O)c(C)c1C. The van der Waals surface area contributed by atoms with E-state index in [1.165, 1.54) is 0 Å². The van der Waals surface area contributed by atoms with Crippen molar-refractivity contribution in [2.75, 3.05) is 30.9 Å². The molecule has 0 spiro atoms. The molecule has 0 bridgehead atoms. The number of hydrogen-bond acceptors (Lipinski definition) is 4. The summed E-state index contributed by atoms with van der Waals surface area (Å²) in [6.07, 6.45) is 1.89. The van der Waals surface area contributed by atoms with Gasteiger partial charge in [0.1, 0.15) is 11.8 Å². The Morgan fingerprint density at radius 1 is 1.16 bits per heavy atom. The summed E-state index contributed by atoms with van der Waals surface area (Å²) in [6, 6.07) is 7.23. The van der Waals surface area contributed by atoms with Crippen LogP contribution in [0.15, 0.2) is 24.3 Å². The summed E-state index contributed by atoms with van der Waals surface area (Å²) in [6.45, 7) is 8.03. The number of phenols is 1. The first kappa shape index (κ1) is 22.7. The molecule has 1 aliphatic rings. The van der Waals surface area contributed by atoms with Crippen LogP contribution in [-0.4, -0.2) is 42.5 Å². The fraction of sp³-hybridized carbons (Fsp3) is 0.440. The Bertz CT molecular complexity index is 1010. The van der Waals surface area contributed by atoms with Crippen molar-refractivity contribution in [3.8, 4) is 5.75 Å². The number of hydrogen-bond donors (Lipinski definition) is 2. The highest BCUT2D eigenvalue weighted by molar-refractivity contribution is 5.99. The van der Waals surface area contributed by atoms with E-state index in [1.54, 1.807) is 11.0 Å². The van der Waals surface area contributed by atoms with Crippen molar-refractivity contribution >= 4 is 23.2 Å². The number of aryl methyl sites for hydroxylation is 1. The third kappa shape index (κ3) is 4.38. The smallest absolute Gasteiger partial charge is 0.251 e. The number of benzene rings is 2. The van der Waals surface area contributed by atoms with Crippen LogP contribution in [0.4, 0.5) is 11.4 Å². The second kappa shape index (κ2) is 9.00. The number of carbonyl (C=O) groups excluding carboxylic acids is 2. The van der Waals surface area contributed by atoms with Crippen LogP contribution in [0.3, 0.4) is 0 Å². The van der Waals surface area contributed by atoms with Crippen molar-refractivity contribution in [3.05, 3.63) is 52.1 Å². The van der Waals surface area contributed by atoms with Gasteiger partial charge in [-0.05, 0) is 79.6 Å². The van der Waals surface area contributed by atoms with Gasteiger partial charge >= 0.3 is 0 Å². The normalized spacial score (nSPS) is 15.4. The maximum atomic E-state index is 13.6. The molecule has 2 N–H and O–H groups in total. The predicted molar refractivity (Wildman–Crippen MR) is 125 cm³/mol. The first-order chi connectivity index (χ1) is 14.6. The molecule has 0 saturated carbocycles. The Morgan fingerprint density at radius 2 is 1.87 bits per heavy atom. The number of anilines is 2. The zero-order valence-electron chi connectivity index (χ0n) is 19.4. The van der Waals surface area contributed by atoms with Crippen molar-refractivity contribution in [2.45, 2.75) is 53.0 Å². The van der Waals surface area contributed by atoms with Gasteiger partial charge in [0.2, 0.25) is 5.91 Å². The molecule has 166 valence electrons. The molecule has 3 rings (SSSR count). The molecule has 0 saturated heterocycles. The lowest BCUT2D eigenvalue weighted by atomic mass is 9.90. The quantitative estimate of drug-likeness (QED) is 0.706. The molecule has 0 aromatic heterocycles. The highest BCUT2D eigenvalue weighted by atomic mass is 16.3. The average Bonchev–Trinajstić information content (AvgIpc) is 2.74. The minimum absolute atomic E-state index is 0.00153. The second-order valence-corrected chi connectivity index (χ2v) is 8.60. The van der Waals surface area contributed by atoms with E-state index in [-0.39, 0.29) is 17.6 Å². The number of nitrogens with one attached hydrogen (secondary N) is 1. The first-order valence-electron chi connectivity index (χ1n) is 10.9. The van der Waals surface area contributed by atoms with Crippen LogP contribution < -0.4 is 10.2 Å². The molecule has 1 heterocycles. The fourth-order valence-corrected chi connectivity index (χ4v) is 4.19. The standard InChI is InChI=1S/C25H33N3O3/c1-7-8-22(29)28-12-11-18-9-10-19(27(5)6)14-20(18)23(28)25(31)26-21-13-15(2)24(30)17(4)16(21)3/h9-10,13-14,23,30H,7-8,11-12H2,1-6H3,(H,26,31). The lowest BCUT2D eigenvalue weighted by Crippen LogP contribution is -2.45. The average molecular weight is 424 g/mol. The van der Waals surface area contributed by atoms with Gasteiger partial charge in [0.15, 0.2) is 0 Å². The number of phenolic OH excluding ortho intramolecular Hbond substituents is 1. The molecule has 1 aliphatic heterocycles. The summed E-state index contributed by atoms with van der Waals surface area (Å²) in [5.41, 5.74) is 5.90. The molecule has 2 amide bonds. The maximum Gasteiger partial charge on any atom is 0.251 e.